The van der Waals surface area contributed by atoms with Gasteiger partial charge in [-0.25, -0.2) is 13.4 Å². The predicted molar refractivity (Wildman–Crippen MR) is 68.7 cm³/mol. The van der Waals surface area contributed by atoms with Crippen molar-refractivity contribution in [1.29, 1.82) is 0 Å². The maximum absolute atomic E-state index is 11.9. The Morgan fingerprint density at radius 1 is 1.39 bits per heavy atom. The van der Waals surface area contributed by atoms with Crippen LogP contribution in [0.1, 0.15) is 19.3 Å². The number of carbonyl (C=O) groups excluding carboxylic acids is 1. The maximum Gasteiger partial charge on any atom is 0.242 e. The van der Waals surface area contributed by atoms with Gasteiger partial charge in [-0.3, -0.25) is 4.79 Å². The third-order valence-electron chi connectivity index (χ3n) is 2.92. The first-order valence-electron chi connectivity index (χ1n) is 5.73. The minimum absolute atomic E-state index is 0.0884. The van der Waals surface area contributed by atoms with Crippen LogP contribution in [0.15, 0.2) is 18.3 Å². The number of sulfone groups is 1. The van der Waals surface area contributed by atoms with Crippen molar-refractivity contribution in [2.24, 2.45) is 0 Å². The lowest BCUT2D eigenvalue weighted by atomic mass is 10.2. The quantitative estimate of drug-likeness (QED) is 0.817. The van der Waals surface area contributed by atoms with E-state index in [9.17, 15) is 13.2 Å². The molecule has 1 aliphatic rings. The lowest BCUT2D eigenvalue weighted by Gasteiger charge is -2.21. The number of hydrogen-bond acceptors (Lipinski definition) is 5. The van der Waals surface area contributed by atoms with Gasteiger partial charge in [0.05, 0.1) is 17.6 Å². The summed E-state index contributed by atoms with van der Waals surface area (Å²) in [6.07, 6.45) is 3.19. The number of aromatic nitrogens is 1. The SMILES string of the molecule is Nc1ccc(NC(=O)C2CCCCS2(=O)=O)cn1. The van der Waals surface area contributed by atoms with Gasteiger partial charge in [-0.15, -0.1) is 0 Å². The average Bonchev–Trinajstić information content (AvgIpc) is 2.31. The average molecular weight is 269 g/mol. The highest BCUT2D eigenvalue weighted by Gasteiger charge is 2.34. The summed E-state index contributed by atoms with van der Waals surface area (Å²) in [6.45, 7) is 0. The second kappa shape index (κ2) is 4.93. The van der Waals surface area contributed by atoms with E-state index in [1.165, 1.54) is 6.20 Å². The van der Waals surface area contributed by atoms with E-state index in [2.05, 4.69) is 10.3 Å². The van der Waals surface area contributed by atoms with Crippen molar-refractivity contribution in [3.8, 4) is 0 Å². The molecule has 1 aromatic heterocycles. The number of nitrogens with zero attached hydrogens (tertiary/aromatic N) is 1. The van der Waals surface area contributed by atoms with Crippen LogP contribution < -0.4 is 11.1 Å². The van der Waals surface area contributed by atoms with Gasteiger partial charge in [-0.1, -0.05) is 6.42 Å². The molecule has 6 nitrogen and oxygen atoms in total. The molecule has 1 fully saturated rings. The standard InChI is InChI=1S/C11H15N3O3S/c12-10-5-4-8(7-13-10)14-11(15)9-3-1-2-6-18(9,16)17/h4-5,7,9H,1-3,6H2,(H2,12,13)(H,14,15). The number of nitrogens with one attached hydrogen (secondary N) is 1. The fourth-order valence-electron chi connectivity index (χ4n) is 1.95. The Labute approximate surface area is 106 Å². The molecule has 3 N–H and O–H groups in total. The van der Waals surface area contributed by atoms with E-state index in [-0.39, 0.29) is 5.75 Å². The summed E-state index contributed by atoms with van der Waals surface area (Å²) in [6, 6.07) is 3.14. The summed E-state index contributed by atoms with van der Waals surface area (Å²) in [7, 11) is -3.31. The van der Waals surface area contributed by atoms with Crippen LogP contribution in [-0.2, 0) is 14.6 Å². The molecule has 1 atom stereocenters. The Kier molecular flexibility index (Phi) is 3.51. The van der Waals surface area contributed by atoms with Gasteiger partial charge in [0.25, 0.3) is 0 Å². The topological polar surface area (TPSA) is 102 Å². The number of carbonyl (C=O) groups is 1. The zero-order valence-electron chi connectivity index (χ0n) is 9.80. The van der Waals surface area contributed by atoms with Crippen LogP contribution in [0, 0.1) is 0 Å². The van der Waals surface area contributed by atoms with Crippen molar-refractivity contribution in [3.63, 3.8) is 0 Å². The third kappa shape index (κ3) is 2.79. The Morgan fingerprint density at radius 2 is 2.17 bits per heavy atom. The van der Waals surface area contributed by atoms with Crippen LogP contribution in [0.4, 0.5) is 11.5 Å². The smallest absolute Gasteiger partial charge is 0.242 e. The highest BCUT2D eigenvalue weighted by molar-refractivity contribution is 7.92. The normalized spacial score (nSPS) is 22.3. The summed E-state index contributed by atoms with van der Waals surface area (Å²) in [5, 5.41) is 1.62. The van der Waals surface area contributed by atoms with E-state index in [1.54, 1.807) is 12.1 Å². The molecular weight excluding hydrogens is 254 g/mol. The van der Waals surface area contributed by atoms with Gasteiger partial charge in [0, 0.05) is 0 Å². The Hall–Kier alpha value is -1.63. The summed E-state index contributed by atoms with van der Waals surface area (Å²) >= 11 is 0. The van der Waals surface area contributed by atoms with Crippen molar-refractivity contribution >= 4 is 27.2 Å². The molecule has 2 heterocycles. The van der Waals surface area contributed by atoms with Crippen molar-refractivity contribution < 1.29 is 13.2 Å². The highest BCUT2D eigenvalue weighted by atomic mass is 32.2. The van der Waals surface area contributed by atoms with Gasteiger partial charge in [0.1, 0.15) is 11.1 Å². The second-order valence-corrected chi connectivity index (χ2v) is 6.62. The number of pyridine rings is 1. The first-order valence-corrected chi connectivity index (χ1v) is 7.44. The van der Waals surface area contributed by atoms with Crippen LogP contribution in [-0.4, -0.2) is 30.3 Å². The minimum atomic E-state index is -3.31. The zero-order chi connectivity index (χ0) is 13.2. The van der Waals surface area contributed by atoms with Gasteiger partial charge in [-0.2, -0.15) is 0 Å². The molecular formula is C11H15N3O3S. The first-order chi connectivity index (χ1) is 8.49. The van der Waals surface area contributed by atoms with E-state index in [0.29, 0.717) is 24.3 Å². The number of anilines is 2. The highest BCUT2D eigenvalue weighted by Crippen LogP contribution is 2.21. The lowest BCUT2D eigenvalue weighted by Crippen LogP contribution is -2.39. The van der Waals surface area contributed by atoms with Crippen molar-refractivity contribution in [3.05, 3.63) is 18.3 Å². The largest absolute Gasteiger partial charge is 0.384 e. The molecule has 7 heteroatoms. The molecule has 0 saturated carbocycles. The van der Waals surface area contributed by atoms with Crippen LogP contribution in [0.3, 0.4) is 0 Å². The predicted octanol–water partition coefficient (Wildman–Crippen LogP) is 0.570. The monoisotopic (exact) mass is 269 g/mol. The first kappa shape index (κ1) is 12.8. The van der Waals surface area contributed by atoms with Gasteiger partial charge in [-0.05, 0) is 25.0 Å². The van der Waals surface area contributed by atoms with Crippen LogP contribution in [0.5, 0.6) is 0 Å². The number of nitrogens with two attached hydrogens (primary N) is 1. The fourth-order valence-corrected chi connectivity index (χ4v) is 3.75. The molecule has 0 radical (unpaired) electrons. The summed E-state index contributed by atoms with van der Waals surface area (Å²) in [4.78, 5) is 15.7. The zero-order valence-corrected chi connectivity index (χ0v) is 10.6. The fraction of sp³-hybridized carbons (Fsp3) is 0.455. The van der Waals surface area contributed by atoms with Crippen molar-refractivity contribution in [2.75, 3.05) is 16.8 Å². The third-order valence-corrected chi connectivity index (χ3v) is 5.10. The summed E-state index contributed by atoms with van der Waals surface area (Å²) in [5.41, 5.74) is 5.88. The van der Waals surface area contributed by atoms with Crippen LogP contribution >= 0.6 is 0 Å². The maximum atomic E-state index is 11.9. The molecule has 1 aromatic rings. The number of nitrogen functional groups attached to an aromatic ring is 1. The molecule has 18 heavy (non-hydrogen) atoms. The second-order valence-electron chi connectivity index (χ2n) is 4.31. The summed E-state index contributed by atoms with van der Waals surface area (Å²) in [5.74, 6) is -0.0509. The van der Waals surface area contributed by atoms with Crippen LogP contribution in [0.25, 0.3) is 0 Å². The van der Waals surface area contributed by atoms with E-state index in [1.807, 2.05) is 0 Å². The molecule has 2 rings (SSSR count). The molecule has 0 aliphatic carbocycles. The molecule has 1 amide bonds. The van der Waals surface area contributed by atoms with Gasteiger partial charge in [0.15, 0.2) is 9.84 Å². The van der Waals surface area contributed by atoms with Gasteiger partial charge in [0.2, 0.25) is 5.91 Å². The molecule has 1 aliphatic heterocycles. The lowest BCUT2D eigenvalue weighted by molar-refractivity contribution is -0.116. The Bertz CT molecular complexity index is 539. The van der Waals surface area contributed by atoms with E-state index in [0.717, 1.165) is 6.42 Å². The minimum Gasteiger partial charge on any atom is -0.384 e. The molecule has 98 valence electrons. The summed E-state index contributed by atoms with van der Waals surface area (Å²) < 4.78 is 23.5. The van der Waals surface area contributed by atoms with Gasteiger partial charge >= 0.3 is 0 Å². The Balaban J connectivity index is 2.10. The molecule has 0 spiro atoms. The molecule has 1 saturated heterocycles. The number of amides is 1. The van der Waals surface area contributed by atoms with Crippen molar-refractivity contribution in [2.45, 2.75) is 24.5 Å². The van der Waals surface area contributed by atoms with Crippen LogP contribution in [0.2, 0.25) is 0 Å². The van der Waals surface area contributed by atoms with E-state index in [4.69, 9.17) is 5.73 Å². The van der Waals surface area contributed by atoms with E-state index >= 15 is 0 Å². The van der Waals surface area contributed by atoms with E-state index < -0.39 is 21.0 Å². The molecule has 1 unspecified atom stereocenters. The Morgan fingerprint density at radius 3 is 2.78 bits per heavy atom. The number of hydrogen-bond donors (Lipinski definition) is 2. The van der Waals surface area contributed by atoms with Crippen molar-refractivity contribution in [1.82, 2.24) is 4.98 Å². The van der Waals surface area contributed by atoms with Gasteiger partial charge < -0.3 is 11.1 Å². The number of rotatable bonds is 2. The molecule has 0 bridgehead atoms. The molecule has 0 aromatic carbocycles.